The number of aryl methyl sites for hydroxylation is 3. The second-order valence-electron chi connectivity index (χ2n) is 8.52. The second kappa shape index (κ2) is 10.5. The molecule has 0 unspecified atom stereocenters. The normalized spacial score (nSPS) is 11.2. The van der Waals surface area contributed by atoms with Crippen LogP contribution in [0.1, 0.15) is 29.9 Å². The van der Waals surface area contributed by atoms with Gasteiger partial charge in [0.25, 0.3) is 21.5 Å². The molecular formula is C27H28FN3O6S. The summed E-state index contributed by atoms with van der Waals surface area (Å²) in [6.45, 7) is 5.58. The zero-order chi connectivity index (χ0) is 27.6. The van der Waals surface area contributed by atoms with E-state index >= 15 is 0 Å². The molecule has 38 heavy (non-hydrogen) atoms. The zero-order valence-corrected chi connectivity index (χ0v) is 21.8. The maximum absolute atomic E-state index is 13.8. The third kappa shape index (κ3) is 5.42. The van der Waals surface area contributed by atoms with Gasteiger partial charge in [0, 0.05) is 20.7 Å². The molecule has 0 bridgehead atoms. The molecule has 2 aromatic heterocycles. The number of nitrogens with one attached hydrogen (secondary N) is 2. The molecule has 4 aromatic rings. The van der Waals surface area contributed by atoms with E-state index in [0.717, 1.165) is 22.8 Å². The van der Waals surface area contributed by atoms with Gasteiger partial charge in [-0.15, -0.1) is 0 Å². The summed E-state index contributed by atoms with van der Waals surface area (Å²) in [5.41, 5.74) is 2.16. The smallest absolute Gasteiger partial charge is 0.270 e. The van der Waals surface area contributed by atoms with E-state index in [1.807, 2.05) is 37.6 Å². The van der Waals surface area contributed by atoms with E-state index in [1.54, 1.807) is 0 Å². The molecule has 0 spiro atoms. The molecule has 0 fully saturated rings. The third-order valence-corrected chi connectivity index (χ3v) is 7.00. The Kier molecular flexibility index (Phi) is 7.31. The summed E-state index contributed by atoms with van der Waals surface area (Å²) in [5.74, 6) is -1.13. The Morgan fingerprint density at radius 1 is 1.05 bits per heavy atom. The Bertz CT molecular complexity index is 1700. The molecular weight excluding hydrogens is 513 g/mol. The number of H-pyrrole nitrogens is 1. The quantitative estimate of drug-likeness (QED) is 0.340. The number of amides is 1. The number of methoxy groups -OCH3 is 1. The molecule has 200 valence electrons. The molecule has 0 saturated heterocycles. The van der Waals surface area contributed by atoms with E-state index in [1.165, 1.54) is 49.7 Å². The van der Waals surface area contributed by atoms with Crippen molar-refractivity contribution >= 4 is 15.9 Å². The van der Waals surface area contributed by atoms with Crippen LogP contribution in [-0.2, 0) is 10.0 Å². The molecule has 9 nitrogen and oxygen atoms in total. The number of hydrogen-bond donors (Lipinski definition) is 2. The van der Waals surface area contributed by atoms with Gasteiger partial charge in [-0.2, -0.15) is 0 Å². The summed E-state index contributed by atoms with van der Waals surface area (Å²) in [5, 5.41) is 0. The first kappa shape index (κ1) is 26.6. The van der Waals surface area contributed by atoms with Crippen LogP contribution in [0.4, 0.5) is 4.39 Å². The van der Waals surface area contributed by atoms with Crippen LogP contribution in [0.25, 0.3) is 11.3 Å². The van der Waals surface area contributed by atoms with Crippen LogP contribution in [0, 0.1) is 26.6 Å². The van der Waals surface area contributed by atoms with E-state index in [-0.39, 0.29) is 25.7 Å². The molecule has 0 aliphatic carbocycles. The molecule has 2 N–H and O–H groups in total. The number of ether oxygens (including phenoxy) is 2. The van der Waals surface area contributed by atoms with Crippen molar-refractivity contribution < 1.29 is 29.9 Å². The van der Waals surface area contributed by atoms with Crippen LogP contribution in [0.5, 0.6) is 17.4 Å². The number of aromatic amines is 1. The molecule has 2 heterocycles. The lowest BCUT2D eigenvalue weighted by Gasteiger charge is -2.16. The van der Waals surface area contributed by atoms with Crippen LogP contribution in [0.2, 0.25) is 0 Å². The highest BCUT2D eigenvalue weighted by Gasteiger charge is 2.26. The van der Waals surface area contributed by atoms with E-state index in [4.69, 9.17) is 9.47 Å². The molecule has 2 aromatic carbocycles. The summed E-state index contributed by atoms with van der Waals surface area (Å²) in [4.78, 5) is 31.3. The van der Waals surface area contributed by atoms with Gasteiger partial charge in [-0.3, -0.25) is 9.59 Å². The molecule has 0 aliphatic rings. The monoisotopic (exact) mass is 541 g/mol. The van der Waals surface area contributed by atoms with Gasteiger partial charge in [-0.1, -0.05) is 17.7 Å². The first-order valence-electron chi connectivity index (χ1n) is 11.4. The number of carbonyl (C=O) groups excluding carboxylic acids is 1. The summed E-state index contributed by atoms with van der Waals surface area (Å²) in [6.07, 6.45) is 1.27. The number of pyridine rings is 2. The van der Waals surface area contributed by atoms with E-state index in [2.05, 4.69) is 9.97 Å². The lowest BCUT2D eigenvalue weighted by molar-refractivity contribution is 0.0978. The predicted octanol–water partition coefficient (Wildman–Crippen LogP) is 4.91. The predicted molar refractivity (Wildman–Crippen MR) is 143 cm³/mol. The van der Waals surface area contributed by atoms with E-state index in [0.29, 0.717) is 11.3 Å². The SMILES string of the molecule is COc1cc(F)ccc1-c1ccc(C(=O)NS(=O)(=O)c2ccc[nH]c2=O)c(Oc2c(C)cc(C)cc2C)n1.[HH].[HH]. The average molecular weight is 542 g/mol. The van der Waals surface area contributed by atoms with Crippen LogP contribution < -0.4 is 19.8 Å². The number of halogens is 1. The zero-order valence-electron chi connectivity index (χ0n) is 21.0. The number of carbonyl (C=O) groups is 1. The first-order valence-corrected chi connectivity index (χ1v) is 12.8. The molecule has 0 saturated carbocycles. The third-order valence-electron chi connectivity index (χ3n) is 5.65. The Balaban J connectivity index is 0.00000280. The van der Waals surface area contributed by atoms with Crippen molar-refractivity contribution in [1.29, 1.82) is 0 Å². The summed E-state index contributed by atoms with van der Waals surface area (Å²) in [6, 6.07) is 12.9. The van der Waals surface area contributed by atoms with Gasteiger partial charge in [0.2, 0.25) is 5.88 Å². The minimum atomic E-state index is -4.52. The Labute approximate surface area is 221 Å². The van der Waals surface area contributed by atoms with Gasteiger partial charge < -0.3 is 14.5 Å². The largest absolute Gasteiger partial charge is 0.496 e. The lowest BCUT2D eigenvalue weighted by atomic mass is 10.1. The Hall–Kier alpha value is -4.51. The van der Waals surface area contributed by atoms with Crippen molar-refractivity contribution in [3.8, 4) is 28.6 Å². The van der Waals surface area contributed by atoms with Gasteiger partial charge in [-0.25, -0.2) is 22.5 Å². The van der Waals surface area contributed by atoms with Crippen molar-refractivity contribution in [1.82, 2.24) is 14.7 Å². The number of benzene rings is 2. The van der Waals surface area contributed by atoms with Gasteiger partial charge in [0.05, 0.1) is 12.8 Å². The van der Waals surface area contributed by atoms with Gasteiger partial charge >= 0.3 is 0 Å². The van der Waals surface area contributed by atoms with Crippen molar-refractivity contribution in [2.45, 2.75) is 25.7 Å². The molecule has 0 aliphatic heterocycles. The molecule has 0 atom stereocenters. The number of rotatable bonds is 7. The topological polar surface area (TPSA) is 127 Å². The van der Waals surface area contributed by atoms with Crippen molar-refractivity contribution in [2.24, 2.45) is 0 Å². The van der Waals surface area contributed by atoms with E-state index < -0.39 is 32.2 Å². The maximum atomic E-state index is 13.8. The highest BCUT2D eigenvalue weighted by Crippen LogP contribution is 2.35. The highest BCUT2D eigenvalue weighted by molar-refractivity contribution is 7.90. The molecule has 0 radical (unpaired) electrons. The minimum Gasteiger partial charge on any atom is -0.496 e. The first-order chi connectivity index (χ1) is 18.0. The number of aromatic nitrogens is 2. The molecule has 11 heteroatoms. The summed E-state index contributed by atoms with van der Waals surface area (Å²) < 4.78 is 52.6. The van der Waals surface area contributed by atoms with Gasteiger partial charge in [-0.05, 0) is 68.3 Å². The maximum Gasteiger partial charge on any atom is 0.270 e. The fourth-order valence-electron chi connectivity index (χ4n) is 3.99. The number of sulfonamides is 1. The van der Waals surface area contributed by atoms with Gasteiger partial charge in [0.15, 0.2) is 4.90 Å². The van der Waals surface area contributed by atoms with Crippen molar-refractivity contribution in [3.05, 3.63) is 99.2 Å². The standard InChI is InChI=1S/C27H24FN3O6S.2H2/c1-15-12-16(2)24(17(3)13-15)37-27-20(25(32)31-38(34,35)23-6-5-11-29-26(23)33)9-10-21(30-27)19-8-7-18(28)14-22(19)36-4;;/h5-14H,1-4H3,(H,29,33)(H,31,32);2*1H. The van der Waals surface area contributed by atoms with Crippen molar-refractivity contribution in [3.63, 3.8) is 0 Å². The lowest BCUT2D eigenvalue weighted by Crippen LogP contribution is -2.34. The van der Waals surface area contributed by atoms with E-state index in [9.17, 15) is 22.4 Å². The number of hydrogen-bond acceptors (Lipinski definition) is 7. The molecule has 1 amide bonds. The highest BCUT2D eigenvalue weighted by atomic mass is 32.2. The van der Waals surface area contributed by atoms with Crippen LogP contribution >= 0.6 is 0 Å². The van der Waals surface area contributed by atoms with Crippen LogP contribution in [0.3, 0.4) is 0 Å². The van der Waals surface area contributed by atoms with Gasteiger partial charge in [0.1, 0.15) is 22.9 Å². The minimum absolute atomic E-state index is 0. The second-order valence-corrected chi connectivity index (χ2v) is 10.2. The fraction of sp³-hybridized carbons (Fsp3) is 0.148. The average Bonchev–Trinajstić information content (AvgIpc) is 2.85. The Morgan fingerprint density at radius 3 is 2.42 bits per heavy atom. The number of nitrogens with zero attached hydrogens (tertiary/aromatic N) is 1. The van der Waals surface area contributed by atoms with Crippen LogP contribution in [0.15, 0.2) is 70.5 Å². The summed E-state index contributed by atoms with van der Waals surface area (Å²) >= 11 is 0. The fourth-order valence-corrected chi connectivity index (χ4v) is 5.02. The Morgan fingerprint density at radius 2 is 1.76 bits per heavy atom. The summed E-state index contributed by atoms with van der Waals surface area (Å²) in [7, 11) is -3.13. The van der Waals surface area contributed by atoms with Crippen molar-refractivity contribution in [2.75, 3.05) is 7.11 Å². The molecule has 4 rings (SSSR count). The van der Waals surface area contributed by atoms with Crippen LogP contribution in [-0.4, -0.2) is 31.4 Å².